The molecule has 1 N–H and O–H groups in total. The van der Waals surface area contributed by atoms with Crippen molar-refractivity contribution in [3.05, 3.63) is 18.6 Å². The molecule has 3 fully saturated rings. The molecule has 1 saturated carbocycles. The van der Waals surface area contributed by atoms with Gasteiger partial charge in [0.2, 0.25) is 5.91 Å². The molecule has 0 radical (unpaired) electrons. The summed E-state index contributed by atoms with van der Waals surface area (Å²) in [6.07, 6.45) is 9.97. The van der Waals surface area contributed by atoms with Crippen molar-refractivity contribution in [3.63, 3.8) is 0 Å². The molecule has 2 atom stereocenters. The first-order chi connectivity index (χ1) is 11.3. The number of carbonyl (C=O) groups excluding carboxylic acids is 1. The number of aromatic nitrogens is 2. The zero-order chi connectivity index (χ0) is 15.7. The lowest BCUT2D eigenvalue weighted by atomic mass is 9.67. The van der Waals surface area contributed by atoms with Crippen LogP contribution in [0, 0.1) is 11.3 Å². The van der Waals surface area contributed by atoms with E-state index in [1.54, 1.807) is 18.6 Å². The Hall–Kier alpha value is -1.69. The van der Waals surface area contributed by atoms with Crippen molar-refractivity contribution in [2.45, 2.75) is 25.7 Å². The average molecular weight is 315 g/mol. The molecule has 6 heteroatoms. The molecule has 0 spiro atoms. The van der Waals surface area contributed by atoms with E-state index >= 15 is 0 Å². The number of anilines is 1. The summed E-state index contributed by atoms with van der Waals surface area (Å²) in [6, 6.07) is 0. The van der Waals surface area contributed by atoms with Gasteiger partial charge in [-0.25, -0.2) is 4.98 Å². The van der Waals surface area contributed by atoms with Gasteiger partial charge in [0.1, 0.15) is 5.82 Å². The van der Waals surface area contributed by atoms with Gasteiger partial charge in [0, 0.05) is 45.1 Å². The summed E-state index contributed by atoms with van der Waals surface area (Å²) in [4.78, 5) is 26.1. The first kappa shape index (κ1) is 14.9. The summed E-state index contributed by atoms with van der Waals surface area (Å²) in [6.45, 7) is 5.18. The molecule has 1 aromatic rings. The Bertz CT molecular complexity index is 557. The lowest BCUT2D eigenvalue weighted by molar-refractivity contribution is -0.145. The number of hydrogen-bond acceptors (Lipinski definition) is 5. The van der Waals surface area contributed by atoms with Crippen molar-refractivity contribution < 1.29 is 4.79 Å². The van der Waals surface area contributed by atoms with Crippen molar-refractivity contribution in [3.8, 4) is 0 Å². The average Bonchev–Trinajstić information content (AvgIpc) is 3.07. The zero-order valence-corrected chi connectivity index (χ0v) is 13.6. The summed E-state index contributed by atoms with van der Waals surface area (Å²) in [5, 5.41) is 3.48. The van der Waals surface area contributed by atoms with Crippen molar-refractivity contribution in [2.24, 2.45) is 11.3 Å². The molecule has 2 saturated heterocycles. The third kappa shape index (κ3) is 2.59. The normalized spacial score (nSPS) is 31.0. The number of piperazine rings is 1. The van der Waals surface area contributed by atoms with Gasteiger partial charge < -0.3 is 15.1 Å². The van der Waals surface area contributed by atoms with Crippen LogP contribution in [0.15, 0.2) is 18.6 Å². The summed E-state index contributed by atoms with van der Waals surface area (Å²) in [5.74, 6) is 1.85. The Kier molecular flexibility index (Phi) is 3.93. The van der Waals surface area contributed by atoms with Crippen LogP contribution in [-0.2, 0) is 4.79 Å². The molecule has 124 valence electrons. The van der Waals surface area contributed by atoms with E-state index < -0.39 is 0 Å². The van der Waals surface area contributed by atoms with Crippen LogP contribution in [0.1, 0.15) is 25.7 Å². The minimum absolute atomic E-state index is 0.118. The first-order valence-corrected chi connectivity index (χ1v) is 8.81. The Morgan fingerprint density at radius 3 is 2.87 bits per heavy atom. The van der Waals surface area contributed by atoms with Gasteiger partial charge in [-0.2, -0.15) is 0 Å². The molecular formula is C17H25N5O. The minimum atomic E-state index is -0.118. The van der Waals surface area contributed by atoms with Crippen LogP contribution in [0.25, 0.3) is 0 Å². The molecule has 0 bridgehead atoms. The van der Waals surface area contributed by atoms with Gasteiger partial charge >= 0.3 is 0 Å². The fraction of sp³-hybridized carbons (Fsp3) is 0.706. The van der Waals surface area contributed by atoms with E-state index in [0.29, 0.717) is 11.8 Å². The zero-order valence-electron chi connectivity index (χ0n) is 13.6. The van der Waals surface area contributed by atoms with Gasteiger partial charge in [-0.05, 0) is 25.3 Å². The van der Waals surface area contributed by atoms with Gasteiger partial charge in [-0.3, -0.25) is 9.78 Å². The molecule has 23 heavy (non-hydrogen) atoms. The summed E-state index contributed by atoms with van der Waals surface area (Å²) >= 11 is 0. The standard InChI is InChI=1S/C17H25N5O/c23-16(17-4-2-1-3-14(17)11-19-13-17)22-9-7-21(8-10-22)15-12-18-5-6-20-15/h5-6,12,14,19H,1-4,7-11,13H2/t14-,17+/m0/s1. The molecule has 1 amide bonds. The van der Waals surface area contributed by atoms with Crippen LogP contribution in [0.4, 0.5) is 5.82 Å². The van der Waals surface area contributed by atoms with Crippen molar-refractivity contribution >= 4 is 11.7 Å². The lowest BCUT2D eigenvalue weighted by Gasteiger charge is -2.43. The largest absolute Gasteiger partial charge is 0.352 e. The van der Waals surface area contributed by atoms with E-state index in [4.69, 9.17) is 0 Å². The molecule has 0 aromatic carbocycles. The van der Waals surface area contributed by atoms with Gasteiger partial charge in [-0.1, -0.05) is 12.8 Å². The lowest BCUT2D eigenvalue weighted by Crippen LogP contribution is -2.56. The summed E-state index contributed by atoms with van der Waals surface area (Å²) in [5.41, 5.74) is -0.118. The highest BCUT2D eigenvalue weighted by atomic mass is 16.2. The van der Waals surface area contributed by atoms with Crippen LogP contribution in [0.2, 0.25) is 0 Å². The van der Waals surface area contributed by atoms with Crippen LogP contribution in [0.3, 0.4) is 0 Å². The SMILES string of the molecule is O=C(N1CCN(c2cnccn2)CC1)[C@@]12CCCC[C@H]1CNC2. The molecular weight excluding hydrogens is 290 g/mol. The molecule has 0 unspecified atom stereocenters. The molecule has 3 aliphatic rings. The van der Waals surface area contributed by atoms with E-state index in [2.05, 4.69) is 25.1 Å². The molecule has 1 aromatic heterocycles. The second-order valence-electron chi connectivity index (χ2n) is 7.07. The summed E-state index contributed by atoms with van der Waals surface area (Å²) < 4.78 is 0. The Morgan fingerprint density at radius 2 is 2.09 bits per heavy atom. The Morgan fingerprint density at radius 1 is 1.22 bits per heavy atom. The number of amides is 1. The molecule has 1 aliphatic carbocycles. The fourth-order valence-electron chi connectivity index (χ4n) is 4.58. The molecule has 3 heterocycles. The number of carbonyl (C=O) groups is 1. The number of hydrogen-bond donors (Lipinski definition) is 1. The number of nitrogens with one attached hydrogen (secondary N) is 1. The third-order valence-corrected chi connectivity index (χ3v) is 5.90. The van der Waals surface area contributed by atoms with Crippen molar-refractivity contribution in [2.75, 3.05) is 44.2 Å². The van der Waals surface area contributed by atoms with Gasteiger partial charge in [0.15, 0.2) is 0 Å². The van der Waals surface area contributed by atoms with Crippen LogP contribution in [0.5, 0.6) is 0 Å². The third-order valence-electron chi connectivity index (χ3n) is 5.90. The smallest absolute Gasteiger partial charge is 0.230 e. The number of fused-ring (bicyclic) bond motifs is 1. The van der Waals surface area contributed by atoms with Crippen LogP contribution < -0.4 is 10.2 Å². The van der Waals surface area contributed by atoms with Gasteiger partial charge in [0.05, 0.1) is 11.6 Å². The topological polar surface area (TPSA) is 61.4 Å². The number of nitrogens with zero attached hydrogens (tertiary/aromatic N) is 4. The maximum Gasteiger partial charge on any atom is 0.230 e. The molecule has 2 aliphatic heterocycles. The van der Waals surface area contributed by atoms with Crippen LogP contribution >= 0.6 is 0 Å². The molecule has 4 rings (SSSR count). The highest BCUT2D eigenvalue weighted by molar-refractivity contribution is 5.84. The van der Waals surface area contributed by atoms with Crippen molar-refractivity contribution in [1.29, 1.82) is 0 Å². The second kappa shape index (κ2) is 6.07. The first-order valence-electron chi connectivity index (χ1n) is 8.81. The maximum absolute atomic E-state index is 13.2. The van der Waals surface area contributed by atoms with Gasteiger partial charge in [0.25, 0.3) is 0 Å². The highest BCUT2D eigenvalue weighted by Crippen LogP contribution is 2.45. The monoisotopic (exact) mass is 315 g/mol. The van der Waals surface area contributed by atoms with E-state index in [1.165, 1.54) is 19.3 Å². The quantitative estimate of drug-likeness (QED) is 0.879. The van der Waals surface area contributed by atoms with Crippen molar-refractivity contribution in [1.82, 2.24) is 20.2 Å². The molecule has 6 nitrogen and oxygen atoms in total. The predicted molar refractivity (Wildman–Crippen MR) is 88.1 cm³/mol. The van der Waals surface area contributed by atoms with Crippen LogP contribution in [-0.4, -0.2) is 60.0 Å². The maximum atomic E-state index is 13.2. The summed E-state index contributed by atoms with van der Waals surface area (Å²) in [7, 11) is 0. The predicted octanol–water partition coefficient (Wildman–Crippen LogP) is 0.905. The van der Waals surface area contributed by atoms with E-state index in [0.717, 1.165) is 51.5 Å². The Balaban J connectivity index is 1.43. The fourth-order valence-corrected chi connectivity index (χ4v) is 4.58. The Labute approximate surface area is 137 Å². The van der Waals surface area contributed by atoms with E-state index in [-0.39, 0.29) is 5.41 Å². The van der Waals surface area contributed by atoms with E-state index in [9.17, 15) is 4.79 Å². The highest BCUT2D eigenvalue weighted by Gasteiger charge is 2.51. The van der Waals surface area contributed by atoms with E-state index in [1.807, 2.05) is 0 Å². The second-order valence-corrected chi connectivity index (χ2v) is 7.07. The van der Waals surface area contributed by atoms with Gasteiger partial charge in [-0.15, -0.1) is 0 Å². The minimum Gasteiger partial charge on any atom is -0.352 e. The number of rotatable bonds is 2.